The molecule has 0 bridgehead atoms. The fraction of sp³-hybridized carbons (Fsp3) is 0.375. The van der Waals surface area contributed by atoms with Crippen LogP contribution >= 0.6 is 0 Å². The summed E-state index contributed by atoms with van der Waals surface area (Å²) in [5, 5.41) is 2.86. The molecule has 2 N–H and O–H groups in total. The Morgan fingerprint density at radius 1 is 1.17 bits per heavy atom. The summed E-state index contributed by atoms with van der Waals surface area (Å²) >= 11 is 0. The third-order valence-corrected chi connectivity index (χ3v) is 3.36. The molecular weight excluding hydrogens is 298 g/mol. The molecular formula is C16H21N3O4. The molecule has 23 heavy (non-hydrogen) atoms. The van der Waals surface area contributed by atoms with Gasteiger partial charge in [0.05, 0.1) is 21.3 Å². The lowest BCUT2D eigenvalue weighted by molar-refractivity contribution is 0.0953. The number of aromatic nitrogens is 2. The molecule has 0 saturated heterocycles. The maximum atomic E-state index is 12.3. The van der Waals surface area contributed by atoms with E-state index < -0.39 is 0 Å². The van der Waals surface area contributed by atoms with Crippen LogP contribution in [0, 0.1) is 6.92 Å². The molecule has 0 aliphatic carbocycles. The van der Waals surface area contributed by atoms with Crippen LogP contribution in [-0.4, -0.2) is 43.7 Å². The van der Waals surface area contributed by atoms with Gasteiger partial charge in [-0.15, -0.1) is 0 Å². The van der Waals surface area contributed by atoms with Crippen molar-refractivity contribution in [1.82, 2.24) is 15.3 Å². The molecule has 0 aliphatic rings. The van der Waals surface area contributed by atoms with Crippen molar-refractivity contribution >= 4 is 5.91 Å². The Kier molecular flexibility index (Phi) is 5.46. The number of imidazole rings is 1. The van der Waals surface area contributed by atoms with Crippen molar-refractivity contribution in [3.8, 4) is 17.2 Å². The topological polar surface area (TPSA) is 85.5 Å². The molecule has 1 amide bonds. The molecule has 2 aromatic rings. The maximum absolute atomic E-state index is 12.3. The third-order valence-electron chi connectivity index (χ3n) is 3.36. The van der Waals surface area contributed by atoms with E-state index in [0.717, 1.165) is 11.5 Å². The number of hydrogen-bond donors (Lipinski definition) is 2. The summed E-state index contributed by atoms with van der Waals surface area (Å²) in [4.78, 5) is 19.5. The van der Waals surface area contributed by atoms with Crippen molar-refractivity contribution in [1.29, 1.82) is 0 Å². The number of nitrogens with one attached hydrogen (secondary N) is 2. The van der Waals surface area contributed by atoms with Crippen LogP contribution in [0.4, 0.5) is 0 Å². The van der Waals surface area contributed by atoms with E-state index in [1.807, 2.05) is 6.92 Å². The minimum Gasteiger partial charge on any atom is -0.493 e. The lowest BCUT2D eigenvalue weighted by Crippen LogP contribution is -2.25. The van der Waals surface area contributed by atoms with Gasteiger partial charge in [0.15, 0.2) is 11.5 Å². The monoisotopic (exact) mass is 319 g/mol. The van der Waals surface area contributed by atoms with E-state index in [1.165, 1.54) is 21.3 Å². The van der Waals surface area contributed by atoms with Crippen molar-refractivity contribution in [3.63, 3.8) is 0 Å². The predicted molar refractivity (Wildman–Crippen MR) is 85.5 cm³/mol. The second-order valence-corrected chi connectivity index (χ2v) is 4.91. The Morgan fingerprint density at radius 2 is 1.83 bits per heavy atom. The first-order chi connectivity index (χ1) is 11.1. The fourth-order valence-corrected chi connectivity index (χ4v) is 2.22. The molecule has 1 aromatic carbocycles. The first-order valence-corrected chi connectivity index (χ1v) is 7.17. The van der Waals surface area contributed by atoms with E-state index in [2.05, 4.69) is 15.3 Å². The van der Waals surface area contributed by atoms with Crippen LogP contribution in [0.15, 0.2) is 18.3 Å². The maximum Gasteiger partial charge on any atom is 0.251 e. The van der Waals surface area contributed by atoms with Gasteiger partial charge in [0.1, 0.15) is 5.82 Å². The molecule has 0 unspecified atom stereocenters. The quantitative estimate of drug-likeness (QED) is 0.811. The van der Waals surface area contributed by atoms with Gasteiger partial charge in [-0.05, 0) is 19.1 Å². The highest BCUT2D eigenvalue weighted by atomic mass is 16.5. The summed E-state index contributed by atoms with van der Waals surface area (Å²) in [6.07, 6.45) is 2.44. The highest BCUT2D eigenvalue weighted by Gasteiger charge is 2.16. The SMILES string of the molecule is COc1cc(C(=O)NCCc2cnc(C)[nH]2)cc(OC)c1OC. The number of benzene rings is 1. The second-order valence-electron chi connectivity index (χ2n) is 4.91. The van der Waals surface area contributed by atoms with Gasteiger partial charge < -0.3 is 24.5 Å². The molecule has 0 atom stereocenters. The van der Waals surface area contributed by atoms with Gasteiger partial charge in [0, 0.05) is 30.4 Å². The van der Waals surface area contributed by atoms with Gasteiger partial charge in [-0.3, -0.25) is 4.79 Å². The van der Waals surface area contributed by atoms with Crippen LogP contribution in [0.2, 0.25) is 0 Å². The number of rotatable bonds is 7. The number of amides is 1. The number of methoxy groups -OCH3 is 3. The number of carbonyl (C=O) groups is 1. The van der Waals surface area contributed by atoms with Crippen LogP contribution in [0.25, 0.3) is 0 Å². The molecule has 0 fully saturated rings. The Morgan fingerprint density at radius 3 is 2.30 bits per heavy atom. The van der Waals surface area contributed by atoms with Crippen molar-refractivity contribution < 1.29 is 19.0 Å². The summed E-state index contributed by atoms with van der Waals surface area (Å²) < 4.78 is 15.7. The molecule has 124 valence electrons. The number of aromatic amines is 1. The lowest BCUT2D eigenvalue weighted by atomic mass is 10.1. The zero-order valence-electron chi connectivity index (χ0n) is 13.7. The van der Waals surface area contributed by atoms with Crippen LogP contribution in [0.5, 0.6) is 17.2 Å². The zero-order chi connectivity index (χ0) is 16.8. The van der Waals surface area contributed by atoms with Crippen molar-refractivity contribution in [2.75, 3.05) is 27.9 Å². The van der Waals surface area contributed by atoms with Crippen molar-refractivity contribution in [2.24, 2.45) is 0 Å². The van der Waals surface area contributed by atoms with Gasteiger partial charge in [0.25, 0.3) is 5.91 Å². The molecule has 7 nitrogen and oxygen atoms in total. The zero-order valence-corrected chi connectivity index (χ0v) is 13.7. The summed E-state index contributed by atoms with van der Waals surface area (Å²) in [7, 11) is 4.55. The molecule has 2 rings (SSSR count). The average molecular weight is 319 g/mol. The number of nitrogens with zero attached hydrogens (tertiary/aromatic N) is 1. The molecule has 0 radical (unpaired) electrons. The Labute approximate surface area is 135 Å². The summed E-state index contributed by atoms with van der Waals surface area (Å²) in [6.45, 7) is 2.38. The van der Waals surface area contributed by atoms with Crippen LogP contribution in [0.3, 0.4) is 0 Å². The number of ether oxygens (including phenoxy) is 3. The Balaban J connectivity index is 2.06. The standard InChI is InChI=1S/C16H21N3O4/c1-10-18-9-12(19-10)5-6-17-16(20)11-7-13(21-2)15(23-4)14(8-11)22-3/h7-9H,5-6H2,1-4H3,(H,17,20)(H,18,19). The largest absolute Gasteiger partial charge is 0.493 e. The summed E-state index contributed by atoms with van der Waals surface area (Å²) in [5.41, 5.74) is 1.42. The fourth-order valence-electron chi connectivity index (χ4n) is 2.22. The summed E-state index contributed by atoms with van der Waals surface area (Å²) in [5.74, 6) is 2.00. The van der Waals surface area contributed by atoms with E-state index in [4.69, 9.17) is 14.2 Å². The van der Waals surface area contributed by atoms with E-state index >= 15 is 0 Å². The summed E-state index contributed by atoms with van der Waals surface area (Å²) in [6, 6.07) is 3.24. The molecule has 0 saturated carbocycles. The minimum absolute atomic E-state index is 0.208. The first kappa shape index (κ1) is 16.7. The van der Waals surface area contributed by atoms with E-state index in [9.17, 15) is 4.79 Å². The van der Waals surface area contributed by atoms with E-state index in [-0.39, 0.29) is 5.91 Å². The third kappa shape index (κ3) is 3.94. The molecule has 1 aromatic heterocycles. The van der Waals surface area contributed by atoms with Gasteiger partial charge in [-0.25, -0.2) is 4.98 Å². The van der Waals surface area contributed by atoms with Gasteiger partial charge in [-0.2, -0.15) is 0 Å². The first-order valence-electron chi connectivity index (χ1n) is 7.17. The van der Waals surface area contributed by atoms with E-state index in [0.29, 0.717) is 35.8 Å². The van der Waals surface area contributed by atoms with Gasteiger partial charge >= 0.3 is 0 Å². The van der Waals surface area contributed by atoms with Crippen LogP contribution in [0.1, 0.15) is 21.9 Å². The highest BCUT2D eigenvalue weighted by molar-refractivity contribution is 5.95. The number of H-pyrrole nitrogens is 1. The number of aryl methyl sites for hydroxylation is 1. The number of carbonyl (C=O) groups excluding carboxylic acids is 1. The second kappa shape index (κ2) is 7.53. The van der Waals surface area contributed by atoms with Crippen LogP contribution < -0.4 is 19.5 Å². The highest BCUT2D eigenvalue weighted by Crippen LogP contribution is 2.38. The normalized spacial score (nSPS) is 10.3. The molecule has 1 heterocycles. The molecule has 7 heteroatoms. The predicted octanol–water partition coefficient (Wildman–Crippen LogP) is 1.72. The molecule has 0 spiro atoms. The Bertz CT molecular complexity index is 657. The van der Waals surface area contributed by atoms with Crippen molar-refractivity contribution in [3.05, 3.63) is 35.4 Å². The van der Waals surface area contributed by atoms with Crippen LogP contribution in [-0.2, 0) is 6.42 Å². The Hall–Kier alpha value is -2.70. The van der Waals surface area contributed by atoms with E-state index in [1.54, 1.807) is 18.3 Å². The lowest BCUT2D eigenvalue weighted by Gasteiger charge is -2.14. The smallest absolute Gasteiger partial charge is 0.251 e. The van der Waals surface area contributed by atoms with Gasteiger partial charge in [-0.1, -0.05) is 0 Å². The average Bonchev–Trinajstić information content (AvgIpc) is 2.98. The number of hydrogen-bond acceptors (Lipinski definition) is 5. The van der Waals surface area contributed by atoms with Gasteiger partial charge in [0.2, 0.25) is 5.75 Å². The minimum atomic E-state index is -0.208. The van der Waals surface area contributed by atoms with Crippen molar-refractivity contribution in [2.45, 2.75) is 13.3 Å². The molecule has 0 aliphatic heterocycles.